The van der Waals surface area contributed by atoms with Gasteiger partial charge in [-0.2, -0.15) is 0 Å². The summed E-state index contributed by atoms with van der Waals surface area (Å²) in [5, 5.41) is 15.7. The quantitative estimate of drug-likeness (QED) is 0.520. The molecule has 3 aromatic carbocycles. The largest absolute Gasteiger partial charge is 0.545 e. The van der Waals surface area contributed by atoms with Crippen LogP contribution in [0.1, 0.15) is 10.4 Å². The van der Waals surface area contributed by atoms with Gasteiger partial charge in [0.2, 0.25) is 0 Å². The Bertz CT molecular complexity index is 1090. The number of hydrogen-bond acceptors (Lipinski definition) is 3. The summed E-state index contributed by atoms with van der Waals surface area (Å²) in [5.41, 5.74) is 2.18. The summed E-state index contributed by atoms with van der Waals surface area (Å²) in [6.45, 7) is 0. The normalized spacial score (nSPS) is 11.0. The van der Waals surface area contributed by atoms with E-state index in [1.54, 1.807) is 30.6 Å². The third-order valence-corrected chi connectivity index (χ3v) is 4.40. The van der Waals surface area contributed by atoms with Crippen molar-refractivity contribution in [3.63, 3.8) is 0 Å². The maximum atomic E-state index is 11.2. The van der Waals surface area contributed by atoms with Gasteiger partial charge in [0, 0.05) is 22.8 Å². The highest BCUT2D eigenvalue weighted by Gasteiger charge is 2.09. The van der Waals surface area contributed by atoms with Crippen LogP contribution < -0.4 is 5.11 Å². The summed E-state index contributed by atoms with van der Waals surface area (Å²) in [6, 6.07) is 16.5. The van der Waals surface area contributed by atoms with Crippen molar-refractivity contribution >= 4 is 39.1 Å². The van der Waals surface area contributed by atoms with E-state index in [1.165, 1.54) is 0 Å². The fourth-order valence-electron chi connectivity index (χ4n) is 3.00. The Labute approximate surface area is 143 Å². The number of carbonyl (C=O) groups is 1. The average molecular weight is 333 g/mol. The Kier molecular flexibility index (Phi) is 3.44. The molecule has 0 bridgehead atoms. The average Bonchev–Trinajstić information content (AvgIpc) is 2.61. The zero-order chi connectivity index (χ0) is 16.7. The van der Waals surface area contributed by atoms with E-state index in [4.69, 9.17) is 11.6 Å². The van der Waals surface area contributed by atoms with Crippen molar-refractivity contribution in [1.82, 2.24) is 4.98 Å². The molecule has 0 aliphatic heterocycles. The Morgan fingerprint density at radius 2 is 1.71 bits per heavy atom. The van der Waals surface area contributed by atoms with Gasteiger partial charge < -0.3 is 9.90 Å². The van der Waals surface area contributed by atoms with Crippen molar-refractivity contribution in [3.8, 4) is 11.1 Å². The Morgan fingerprint density at radius 3 is 2.46 bits per heavy atom. The molecule has 3 nitrogen and oxygen atoms in total. The molecule has 0 atom stereocenters. The highest BCUT2D eigenvalue weighted by atomic mass is 35.5. The topological polar surface area (TPSA) is 53.0 Å². The minimum Gasteiger partial charge on any atom is -0.545 e. The first-order chi connectivity index (χ1) is 11.6. The smallest absolute Gasteiger partial charge is 0.0715 e. The summed E-state index contributed by atoms with van der Waals surface area (Å²) >= 11 is 5.99. The molecule has 0 N–H and O–H groups in total. The first-order valence-corrected chi connectivity index (χ1v) is 7.79. The van der Waals surface area contributed by atoms with Crippen LogP contribution in [-0.4, -0.2) is 11.0 Å². The Morgan fingerprint density at radius 1 is 0.917 bits per heavy atom. The lowest BCUT2D eigenvalue weighted by atomic mass is 9.93. The van der Waals surface area contributed by atoms with Gasteiger partial charge in [0.15, 0.2) is 0 Å². The van der Waals surface area contributed by atoms with E-state index in [9.17, 15) is 9.90 Å². The summed E-state index contributed by atoms with van der Waals surface area (Å²) in [5.74, 6) is -1.18. The third kappa shape index (κ3) is 2.39. The van der Waals surface area contributed by atoms with E-state index in [0.717, 1.165) is 32.7 Å². The van der Waals surface area contributed by atoms with Gasteiger partial charge in [-0.05, 0) is 63.2 Å². The van der Waals surface area contributed by atoms with Crippen LogP contribution >= 0.6 is 11.6 Å². The zero-order valence-electron chi connectivity index (χ0n) is 12.5. The number of nitrogens with zero attached hydrogens (tertiary/aromatic N) is 1. The highest BCUT2D eigenvalue weighted by molar-refractivity contribution is 6.30. The van der Waals surface area contributed by atoms with Crippen LogP contribution in [0.15, 0.2) is 67.0 Å². The number of rotatable bonds is 2. The first kappa shape index (κ1) is 14.7. The van der Waals surface area contributed by atoms with E-state index >= 15 is 0 Å². The fourth-order valence-corrected chi connectivity index (χ4v) is 3.13. The molecule has 0 aliphatic carbocycles. The highest BCUT2D eigenvalue weighted by Crippen LogP contribution is 2.35. The number of halogens is 1. The molecule has 116 valence electrons. The van der Waals surface area contributed by atoms with Crippen LogP contribution in [-0.2, 0) is 0 Å². The number of pyridine rings is 1. The molecule has 0 spiro atoms. The number of carboxylic acid groups (broad SMARTS) is 1. The first-order valence-electron chi connectivity index (χ1n) is 7.41. The molecule has 24 heavy (non-hydrogen) atoms. The fraction of sp³-hybridized carbons (Fsp3) is 0. The molecule has 4 aromatic rings. The molecule has 0 saturated carbocycles. The van der Waals surface area contributed by atoms with E-state index < -0.39 is 5.97 Å². The minimum atomic E-state index is -1.18. The van der Waals surface area contributed by atoms with Gasteiger partial charge in [-0.3, -0.25) is 4.98 Å². The summed E-state index contributed by atoms with van der Waals surface area (Å²) < 4.78 is 0. The van der Waals surface area contributed by atoms with Crippen LogP contribution in [0.4, 0.5) is 0 Å². The lowest BCUT2D eigenvalue weighted by Gasteiger charge is -2.12. The summed E-state index contributed by atoms with van der Waals surface area (Å²) in [4.78, 5) is 15.4. The lowest BCUT2D eigenvalue weighted by molar-refractivity contribution is -0.255. The van der Waals surface area contributed by atoms with E-state index in [2.05, 4.69) is 4.98 Å². The molecular weight excluding hydrogens is 322 g/mol. The number of fused-ring (bicyclic) bond motifs is 3. The molecule has 0 radical (unpaired) electrons. The van der Waals surface area contributed by atoms with Gasteiger partial charge in [0.25, 0.3) is 0 Å². The third-order valence-electron chi connectivity index (χ3n) is 4.14. The number of aromatic nitrogens is 1. The van der Waals surface area contributed by atoms with Crippen molar-refractivity contribution < 1.29 is 9.90 Å². The molecule has 0 fully saturated rings. The van der Waals surface area contributed by atoms with Crippen molar-refractivity contribution in [2.75, 3.05) is 0 Å². The van der Waals surface area contributed by atoms with E-state index in [1.807, 2.05) is 36.4 Å². The number of aromatic carboxylic acids is 1. The predicted octanol–water partition coefficient (Wildman–Crippen LogP) is 4.07. The number of carboxylic acids is 1. The maximum absolute atomic E-state index is 11.2. The SMILES string of the molecule is O=C([O-])c1ccc2c(c1)cc(-c1ccc(Cl)cc1)c1ccncc12. The molecule has 4 rings (SSSR count). The molecular formula is C20H11ClNO2-. The number of hydrogen-bond donors (Lipinski definition) is 0. The van der Waals surface area contributed by atoms with Crippen LogP contribution in [0.2, 0.25) is 5.02 Å². The van der Waals surface area contributed by atoms with Gasteiger partial charge in [0.05, 0.1) is 5.97 Å². The van der Waals surface area contributed by atoms with Gasteiger partial charge >= 0.3 is 0 Å². The van der Waals surface area contributed by atoms with Crippen LogP contribution in [0, 0.1) is 0 Å². The second-order valence-corrected chi connectivity index (χ2v) is 6.01. The van der Waals surface area contributed by atoms with Crippen molar-refractivity contribution in [2.24, 2.45) is 0 Å². The molecule has 0 saturated heterocycles. The standard InChI is InChI=1S/C20H12ClNO2/c21-15-4-1-12(2-5-15)18-10-14-9-13(20(23)24)3-6-16(14)19-11-22-8-7-17(18)19/h1-11H,(H,23,24)/p-1. The monoisotopic (exact) mass is 332 g/mol. The van der Waals surface area contributed by atoms with E-state index in [-0.39, 0.29) is 5.56 Å². The number of carbonyl (C=O) groups excluding carboxylic acids is 1. The predicted molar refractivity (Wildman–Crippen MR) is 94.0 cm³/mol. The van der Waals surface area contributed by atoms with Crippen LogP contribution in [0.25, 0.3) is 32.7 Å². The molecule has 4 heteroatoms. The second-order valence-electron chi connectivity index (χ2n) is 5.58. The van der Waals surface area contributed by atoms with Crippen molar-refractivity contribution in [1.29, 1.82) is 0 Å². The van der Waals surface area contributed by atoms with Gasteiger partial charge in [0.1, 0.15) is 0 Å². The maximum Gasteiger partial charge on any atom is 0.0715 e. The lowest BCUT2D eigenvalue weighted by Crippen LogP contribution is -2.21. The van der Waals surface area contributed by atoms with E-state index in [0.29, 0.717) is 5.02 Å². The minimum absolute atomic E-state index is 0.160. The number of benzene rings is 3. The molecule has 0 aliphatic rings. The van der Waals surface area contributed by atoms with Crippen molar-refractivity contribution in [2.45, 2.75) is 0 Å². The Hall–Kier alpha value is -2.91. The van der Waals surface area contributed by atoms with Crippen LogP contribution in [0.3, 0.4) is 0 Å². The second kappa shape index (κ2) is 5.62. The molecule has 0 unspecified atom stereocenters. The van der Waals surface area contributed by atoms with Gasteiger partial charge in [-0.1, -0.05) is 35.9 Å². The van der Waals surface area contributed by atoms with Crippen molar-refractivity contribution in [3.05, 3.63) is 77.6 Å². The zero-order valence-corrected chi connectivity index (χ0v) is 13.2. The van der Waals surface area contributed by atoms with Crippen LogP contribution in [0.5, 0.6) is 0 Å². The molecule has 0 amide bonds. The van der Waals surface area contributed by atoms with Gasteiger partial charge in [-0.25, -0.2) is 0 Å². The summed E-state index contributed by atoms with van der Waals surface area (Å²) in [6.07, 6.45) is 3.55. The summed E-state index contributed by atoms with van der Waals surface area (Å²) in [7, 11) is 0. The van der Waals surface area contributed by atoms with Gasteiger partial charge in [-0.15, -0.1) is 0 Å². The Balaban J connectivity index is 2.10. The molecule has 1 aromatic heterocycles. The molecule has 1 heterocycles.